The van der Waals surface area contributed by atoms with Crippen molar-refractivity contribution in [3.63, 3.8) is 0 Å². The molecule has 0 spiro atoms. The van der Waals surface area contributed by atoms with Gasteiger partial charge in [0.2, 0.25) is 0 Å². The topological polar surface area (TPSA) is 48.1 Å². The van der Waals surface area contributed by atoms with Crippen molar-refractivity contribution >= 4 is 11.3 Å². The van der Waals surface area contributed by atoms with Crippen molar-refractivity contribution in [2.24, 2.45) is 5.73 Å². The van der Waals surface area contributed by atoms with Crippen molar-refractivity contribution in [1.82, 2.24) is 4.98 Å². The van der Waals surface area contributed by atoms with Crippen LogP contribution >= 0.6 is 11.3 Å². The molecule has 1 aromatic carbocycles. The molecule has 1 saturated carbocycles. The third kappa shape index (κ3) is 2.89. The van der Waals surface area contributed by atoms with Gasteiger partial charge >= 0.3 is 0 Å². The number of hydrogen-bond acceptors (Lipinski definition) is 4. The predicted molar refractivity (Wildman–Crippen MR) is 87.2 cm³/mol. The molecule has 0 radical (unpaired) electrons. The molecule has 0 bridgehead atoms. The minimum atomic E-state index is -0.160. The monoisotopic (exact) mass is 302 g/mol. The van der Waals surface area contributed by atoms with Gasteiger partial charge in [0.1, 0.15) is 10.6 Å². The van der Waals surface area contributed by atoms with E-state index >= 15 is 0 Å². The third-order valence-corrected chi connectivity index (χ3v) is 5.43. The summed E-state index contributed by atoms with van der Waals surface area (Å²) in [6, 6.07) is 8.31. The average molecular weight is 302 g/mol. The van der Waals surface area contributed by atoms with Crippen LogP contribution in [0.5, 0.6) is 0 Å². The molecule has 0 amide bonds. The van der Waals surface area contributed by atoms with Gasteiger partial charge in [-0.15, -0.1) is 11.3 Å². The number of benzene rings is 1. The first-order valence-corrected chi connectivity index (χ1v) is 8.46. The molecule has 1 aliphatic carbocycles. The van der Waals surface area contributed by atoms with Crippen molar-refractivity contribution in [1.29, 1.82) is 0 Å². The number of rotatable bonds is 4. The van der Waals surface area contributed by atoms with Crippen molar-refractivity contribution in [2.75, 3.05) is 7.11 Å². The van der Waals surface area contributed by atoms with Gasteiger partial charge < -0.3 is 10.5 Å². The largest absolute Gasteiger partial charge is 0.371 e. The Morgan fingerprint density at radius 2 is 2.10 bits per heavy atom. The second-order valence-electron chi connectivity index (χ2n) is 5.70. The smallest absolute Gasteiger partial charge is 0.125 e. The van der Waals surface area contributed by atoms with E-state index in [4.69, 9.17) is 15.5 Å². The standard InChI is InChI=1S/C17H22N2OS/c1-20-17(8-3-2-4-9-17)16-19-15(12-21-16)14-7-5-6-13(10-14)11-18/h5-7,10,12H,2-4,8-9,11,18H2,1H3. The summed E-state index contributed by atoms with van der Waals surface area (Å²) >= 11 is 1.72. The first-order valence-electron chi connectivity index (χ1n) is 7.58. The number of hydrogen-bond donors (Lipinski definition) is 1. The maximum Gasteiger partial charge on any atom is 0.125 e. The Morgan fingerprint density at radius 1 is 1.29 bits per heavy atom. The lowest BCUT2D eigenvalue weighted by molar-refractivity contribution is -0.0445. The Hall–Kier alpha value is -1.23. The Labute approximate surface area is 130 Å². The summed E-state index contributed by atoms with van der Waals surface area (Å²) in [5, 5.41) is 3.26. The van der Waals surface area contributed by atoms with E-state index < -0.39 is 0 Å². The number of nitrogens with two attached hydrogens (primary N) is 1. The van der Waals surface area contributed by atoms with Gasteiger partial charge in [-0.05, 0) is 24.5 Å². The predicted octanol–water partition coefficient (Wildman–Crippen LogP) is 4.07. The van der Waals surface area contributed by atoms with E-state index in [0.29, 0.717) is 6.54 Å². The van der Waals surface area contributed by atoms with Crippen LogP contribution < -0.4 is 5.73 Å². The van der Waals surface area contributed by atoms with Crippen LogP contribution in [0.1, 0.15) is 42.7 Å². The van der Waals surface area contributed by atoms with Crippen molar-refractivity contribution in [3.8, 4) is 11.3 Å². The Kier molecular flexibility index (Phi) is 4.38. The van der Waals surface area contributed by atoms with Crippen LogP contribution in [0.15, 0.2) is 29.6 Å². The molecule has 2 aromatic rings. The lowest BCUT2D eigenvalue weighted by Gasteiger charge is -2.34. The first kappa shape index (κ1) is 14.7. The number of nitrogens with zero attached hydrogens (tertiary/aromatic N) is 1. The molecule has 4 heteroatoms. The van der Waals surface area contributed by atoms with Crippen LogP contribution in [0, 0.1) is 0 Å². The van der Waals surface area contributed by atoms with Gasteiger partial charge in [-0.3, -0.25) is 0 Å². The summed E-state index contributed by atoms with van der Waals surface area (Å²) in [7, 11) is 1.82. The molecule has 1 heterocycles. The van der Waals surface area contributed by atoms with Crippen molar-refractivity contribution < 1.29 is 4.74 Å². The highest BCUT2D eigenvalue weighted by atomic mass is 32.1. The summed E-state index contributed by atoms with van der Waals surface area (Å²) in [6.45, 7) is 0.562. The lowest BCUT2D eigenvalue weighted by atomic mass is 9.85. The molecule has 1 aromatic heterocycles. The number of aromatic nitrogens is 1. The van der Waals surface area contributed by atoms with Gasteiger partial charge in [-0.2, -0.15) is 0 Å². The van der Waals surface area contributed by atoms with Crippen molar-refractivity contribution in [2.45, 2.75) is 44.2 Å². The van der Waals surface area contributed by atoms with E-state index in [1.165, 1.54) is 19.3 Å². The van der Waals surface area contributed by atoms with Gasteiger partial charge in [0, 0.05) is 24.6 Å². The fourth-order valence-electron chi connectivity index (χ4n) is 3.10. The quantitative estimate of drug-likeness (QED) is 0.926. The maximum atomic E-state index is 5.89. The van der Waals surface area contributed by atoms with Crippen LogP contribution in [0.4, 0.5) is 0 Å². The van der Waals surface area contributed by atoms with E-state index in [1.54, 1.807) is 11.3 Å². The Bertz CT molecular complexity index is 602. The van der Waals surface area contributed by atoms with Gasteiger partial charge in [0.25, 0.3) is 0 Å². The van der Waals surface area contributed by atoms with Gasteiger partial charge in [-0.1, -0.05) is 37.5 Å². The van der Waals surface area contributed by atoms with E-state index in [1.807, 2.05) is 13.2 Å². The van der Waals surface area contributed by atoms with Gasteiger partial charge in [0.05, 0.1) is 5.69 Å². The zero-order chi connectivity index (χ0) is 14.7. The van der Waals surface area contributed by atoms with Crippen LogP contribution in [-0.4, -0.2) is 12.1 Å². The highest BCUT2D eigenvalue weighted by Crippen LogP contribution is 2.42. The van der Waals surface area contributed by atoms with Crippen LogP contribution in [-0.2, 0) is 16.9 Å². The SMILES string of the molecule is COC1(c2nc(-c3cccc(CN)c3)cs2)CCCCC1. The summed E-state index contributed by atoms with van der Waals surface area (Å²) in [5.41, 5.74) is 8.88. The molecular weight excluding hydrogens is 280 g/mol. The minimum Gasteiger partial charge on any atom is -0.371 e. The highest BCUT2D eigenvalue weighted by molar-refractivity contribution is 7.10. The molecule has 2 N–H and O–H groups in total. The number of ether oxygens (including phenoxy) is 1. The highest BCUT2D eigenvalue weighted by Gasteiger charge is 2.36. The molecule has 0 unspecified atom stereocenters. The average Bonchev–Trinajstić information content (AvgIpc) is 3.06. The Morgan fingerprint density at radius 3 is 2.81 bits per heavy atom. The normalized spacial score (nSPS) is 17.8. The van der Waals surface area contributed by atoms with E-state index in [-0.39, 0.29) is 5.60 Å². The zero-order valence-corrected chi connectivity index (χ0v) is 13.3. The maximum absolute atomic E-state index is 5.89. The Balaban J connectivity index is 1.91. The molecule has 3 nitrogen and oxygen atoms in total. The number of methoxy groups -OCH3 is 1. The molecule has 0 atom stereocenters. The zero-order valence-electron chi connectivity index (χ0n) is 12.5. The molecule has 1 fully saturated rings. The summed E-state index contributed by atoms with van der Waals surface area (Å²) in [6.07, 6.45) is 5.93. The first-order chi connectivity index (χ1) is 10.3. The fraction of sp³-hybridized carbons (Fsp3) is 0.471. The fourth-order valence-corrected chi connectivity index (χ4v) is 4.17. The third-order valence-electron chi connectivity index (χ3n) is 4.40. The molecule has 3 rings (SSSR count). The molecule has 0 saturated heterocycles. The summed E-state index contributed by atoms with van der Waals surface area (Å²) in [4.78, 5) is 4.88. The van der Waals surface area contributed by atoms with Crippen LogP contribution in [0.2, 0.25) is 0 Å². The van der Waals surface area contributed by atoms with Crippen molar-refractivity contribution in [3.05, 3.63) is 40.2 Å². The molecule has 1 aliphatic rings. The summed E-state index contributed by atoms with van der Waals surface area (Å²) in [5.74, 6) is 0. The van der Waals surface area contributed by atoms with E-state index in [9.17, 15) is 0 Å². The summed E-state index contributed by atoms with van der Waals surface area (Å²) < 4.78 is 5.89. The van der Waals surface area contributed by atoms with Crippen LogP contribution in [0.25, 0.3) is 11.3 Å². The van der Waals surface area contributed by atoms with Gasteiger partial charge in [-0.25, -0.2) is 4.98 Å². The molecular formula is C17H22N2OS. The minimum absolute atomic E-state index is 0.160. The molecule has 112 valence electrons. The second-order valence-corrected chi connectivity index (χ2v) is 6.56. The second kappa shape index (κ2) is 6.26. The van der Waals surface area contributed by atoms with E-state index in [0.717, 1.165) is 34.7 Å². The van der Waals surface area contributed by atoms with Gasteiger partial charge in [0.15, 0.2) is 0 Å². The lowest BCUT2D eigenvalue weighted by Crippen LogP contribution is -2.30. The number of thiazole rings is 1. The van der Waals surface area contributed by atoms with Crippen LogP contribution in [0.3, 0.4) is 0 Å². The molecule has 21 heavy (non-hydrogen) atoms. The molecule has 0 aliphatic heterocycles. The van der Waals surface area contributed by atoms with E-state index in [2.05, 4.69) is 23.6 Å².